The molecule has 0 atom stereocenters. The van der Waals surface area contributed by atoms with Gasteiger partial charge in [0.25, 0.3) is 5.69 Å². The van der Waals surface area contributed by atoms with Gasteiger partial charge in [0.1, 0.15) is 12.1 Å². The third-order valence-corrected chi connectivity index (χ3v) is 2.42. The molecule has 0 unspecified atom stereocenters. The van der Waals surface area contributed by atoms with E-state index in [1.165, 1.54) is 18.2 Å². The molecule has 0 aliphatic heterocycles. The molecule has 8 heteroatoms. The fraction of sp³-hybridized carbons (Fsp3) is 0.333. The van der Waals surface area contributed by atoms with Crippen LogP contribution < -0.4 is 0 Å². The average molecular weight is 280 g/mol. The zero-order valence-corrected chi connectivity index (χ0v) is 10.7. The normalized spacial score (nSPS) is 10.7. The lowest BCUT2D eigenvalue weighted by molar-refractivity contribution is -0.384. The summed E-state index contributed by atoms with van der Waals surface area (Å²) in [6.45, 7) is 2.74. The van der Waals surface area contributed by atoms with E-state index in [0.29, 0.717) is 6.61 Å². The SMILES string of the molecule is CCOCCOC(=O)c1nc2cc([N+](=O)[O-])ccc2o1. The lowest BCUT2D eigenvalue weighted by Crippen LogP contribution is -2.11. The highest BCUT2D eigenvalue weighted by Gasteiger charge is 2.17. The maximum Gasteiger partial charge on any atom is 0.394 e. The molecule has 1 heterocycles. The number of nitrogens with zero attached hydrogens (tertiary/aromatic N) is 2. The molecule has 20 heavy (non-hydrogen) atoms. The fourth-order valence-electron chi connectivity index (χ4n) is 1.52. The zero-order chi connectivity index (χ0) is 14.5. The van der Waals surface area contributed by atoms with Gasteiger partial charge >= 0.3 is 11.9 Å². The second-order valence-electron chi connectivity index (χ2n) is 3.76. The highest BCUT2D eigenvalue weighted by molar-refractivity contribution is 5.88. The first-order valence-electron chi connectivity index (χ1n) is 5.91. The Morgan fingerprint density at radius 2 is 2.25 bits per heavy atom. The first-order valence-corrected chi connectivity index (χ1v) is 5.91. The minimum absolute atomic E-state index is 0.0888. The van der Waals surface area contributed by atoms with Crippen molar-refractivity contribution in [2.75, 3.05) is 19.8 Å². The van der Waals surface area contributed by atoms with Gasteiger partial charge in [0, 0.05) is 18.7 Å². The van der Waals surface area contributed by atoms with E-state index >= 15 is 0 Å². The lowest BCUT2D eigenvalue weighted by Gasteiger charge is -2.01. The summed E-state index contributed by atoms with van der Waals surface area (Å²) in [5, 5.41) is 10.6. The number of hydrogen-bond acceptors (Lipinski definition) is 7. The number of rotatable bonds is 6. The van der Waals surface area contributed by atoms with Gasteiger partial charge in [-0.25, -0.2) is 9.78 Å². The van der Waals surface area contributed by atoms with E-state index in [1.807, 2.05) is 6.92 Å². The quantitative estimate of drug-likeness (QED) is 0.344. The van der Waals surface area contributed by atoms with E-state index in [9.17, 15) is 14.9 Å². The number of hydrogen-bond donors (Lipinski definition) is 0. The number of aromatic nitrogens is 1. The maximum atomic E-state index is 11.6. The second kappa shape index (κ2) is 6.11. The molecule has 0 spiro atoms. The van der Waals surface area contributed by atoms with E-state index in [4.69, 9.17) is 13.9 Å². The lowest BCUT2D eigenvalue weighted by atomic mass is 10.3. The number of nitro benzene ring substituents is 1. The first kappa shape index (κ1) is 13.9. The summed E-state index contributed by atoms with van der Waals surface area (Å²) in [5.41, 5.74) is 0.394. The molecule has 1 aromatic heterocycles. The van der Waals surface area contributed by atoms with Crippen LogP contribution in [0.5, 0.6) is 0 Å². The van der Waals surface area contributed by atoms with E-state index in [1.54, 1.807) is 0 Å². The monoisotopic (exact) mass is 280 g/mol. The molecule has 0 saturated carbocycles. The van der Waals surface area contributed by atoms with Gasteiger partial charge in [-0.1, -0.05) is 0 Å². The van der Waals surface area contributed by atoms with E-state index in [-0.39, 0.29) is 35.9 Å². The molecule has 2 aromatic rings. The van der Waals surface area contributed by atoms with Crippen LogP contribution in [0, 0.1) is 10.1 Å². The Hall–Kier alpha value is -2.48. The Bertz CT molecular complexity index is 636. The van der Waals surface area contributed by atoms with Gasteiger partial charge in [0.05, 0.1) is 11.5 Å². The van der Waals surface area contributed by atoms with Crippen molar-refractivity contribution in [2.24, 2.45) is 0 Å². The Labute approximate surface area is 113 Å². The van der Waals surface area contributed by atoms with Gasteiger partial charge in [-0.05, 0) is 13.0 Å². The maximum absolute atomic E-state index is 11.6. The summed E-state index contributed by atoms with van der Waals surface area (Å²) in [4.78, 5) is 25.6. The molecule has 8 nitrogen and oxygen atoms in total. The van der Waals surface area contributed by atoms with Crippen LogP contribution in [0.4, 0.5) is 5.69 Å². The molecule has 1 aromatic carbocycles. The minimum atomic E-state index is -0.733. The number of esters is 1. The average Bonchev–Trinajstić information content (AvgIpc) is 2.86. The number of carbonyl (C=O) groups excluding carboxylic acids is 1. The van der Waals surface area contributed by atoms with Gasteiger partial charge in [-0.3, -0.25) is 10.1 Å². The van der Waals surface area contributed by atoms with Gasteiger partial charge < -0.3 is 13.9 Å². The van der Waals surface area contributed by atoms with Crippen molar-refractivity contribution in [2.45, 2.75) is 6.92 Å². The minimum Gasteiger partial charge on any atom is -0.456 e. The molecule has 106 valence electrons. The Morgan fingerprint density at radius 3 is 2.95 bits per heavy atom. The molecule has 2 rings (SSSR count). The van der Waals surface area contributed by atoms with Gasteiger partial charge in [-0.2, -0.15) is 0 Å². The van der Waals surface area contributed by atoms with Crippen LogP contribution in [-0.4, -0.2) is 35.7 Å². The number of benzene rings is 1. The van der Waals surface area contributed by atoms with Crippen molar-refractivity contribution in [3.63, 3.8) is 0 Å². The van der Waals surface area contributed by atoms with Crippen LogP contribution in [0.1, 0.15) is 17.6 Å². The largest absolute Gasteiger partial charge is 0.456 e. The molecule has 0 radical (unpaired) electrons. The number of nitro groups is 1. The summed E-state index contributed by atoms with van der Waals surface area (Å²) in [7, 11) is 0. The summed E-state index contributed by atoms with van der Waals surface area (Å²) >= 11 is 0. The van der Waals surface area contributed by atoms with Gasteiger partial charge in [-0.15, -0.1) is 0 Å². The molecule has 0 saturated heterocycles. The standard InChI is InChI=1S/C12H12N2O6/c1-2-18-5-6-19-12(15)11-13-9-7-8(14(16)17)3-4-10(9)20-11/h3-4,7H,2,5-6H2,1H3. The van der Waals surface area contributed by atoms with E-state index < -0.39 is 10.9 Å². The summed E-state index contributed by atoms with van der Waals surface area (Å²) in [6.07, 6.45) is 0. The third kappa shape index (κ3) is 3.09. The second-order valence-corrected chi connectivity index (χ2v) is 3.76. The van der Waals surface area contributed by atoms with Crippen molar-refractivity contribution in [1.82, 2.24) is 4.98 Å². The van der Waals surface area contributed by atoms with Crippen molar-refractivity contribution in [3.05, 3.63) is 34.2 Å². The fourth-order valence-corrected chi connectivity index (χ4v) is 1.52. The molecule has 0 aliphatic rings. The number of carbonyl (C=O) groups is 1. The highest BCUT2D eigenvalue weighted by atomic mass is 16.6. The summed E-state index contributed by atoms with van der Waals surface area (Å²) in [6, 6.07) is 3.89. The predicted octanol–water partition coefficient (Wildman–Crippen LogP) is 1.93. The van der Waals surface area contributed by atoms with E-state index in [0.717, 1.165) is 0 Å². The van der Waals surface area contributed by atoms with Crippen molar-refractivity contribution >= 4 is 22.8 Å². The number of ether oxygens (including phenoxy) is 2. The van der Waals surface area contributed by atoms with Gasteiger partial charge in [0.2, 0.25) is 0 Å². The van der Waals surface area contributed by atoms with Crippen LogP contribution in [0.25, 0.3) is 11.1 Å². The Balaban J connectivity index is 2.11. The van der Waals surface area contributed by atoms with Crippen LogP contribution >= 0.6 is 0 Å². The molecule has 0 fully saturated rings. The molecular weight excluding hydrogens is 268 g/mol. The molecular formula is C12H12N2O6. The smallest absolute Gasteiger partial charge is 0.394 e. The molecule has 0 aliphatic carbocycles. The highest BCUT2D eigenvalue weighted by Crippen LogP contribution is 2.21. The predicted molar refractivity (Wildman–Crippen MR) is 67.4 cm³/mol. The molecule has 0 bridgehead atoms. The van der Waals surface area contributed by atoms with E-state index in [2.05, 4.69) is 4.98 Å². The van der Waals surface area contributed by atoms with Gasteiger partial charge in [0.15, 0.2) is 5.58 Å². The summed E-state index contributed by atoms with van der Waals surface area (Å²) < 4.78 is 15.1. The van der Waals surface area contributed by atoms with Crippen molar-refractivity contribution in [1.29, 1.82) is 0 Å². The first-order chi connectivity index (χ1) is 9.61. The number of non-ortho nitro benzene ring substituents is 1. The van der Waals surface area contributed by atoms with Crippen LogP contribution in [0.15, 0.2) is 22.6 Å². The number of fused-ring (bicyclic) bond motifs is 1. The Kier molecular flexibility index (Phi) is 4.26. The van der Waals surface area contributed by atoms with Crippen molar-refractivity contribution < 1.29 is 23.6 Å². The third-order valence-electron chi connectivity index (χ3n) is 2.42. The van der Waals surface area contributed by atoms with Crippen molar-refractivity contribution in [3.8, 4) is 0 Å². The van der Waals surface area contributed by atoms with Crippen LogP contribution in [-0.2, 0) is 9.47 Å². The zero-order valence-electron chi connectivity index (χ0n) is 10.7. The van der Waals surface area contributed by atoms with Crippen LogP contribution in [0.3, 0.4) is 0 Å². The Morgan fingerprint density at radius 1 is 1.45 bits per heavy atom. The summed E-state index contributed by atoms with van der Waals surface area (Å²) in [5.74, 6) is -0.972. The molecule has 0 N–H and O–H groups in total. The number of oxazole rings is 1. The topological polar surface area (TPSA) is 105 Å². The van der Waals surface area contributed by atoms with Crippen LogP contribution in [0.2, 0.25) is 0 Å². The molecule has 0 amide bonds.